The topological polar surface area (TPSA) is 84.0 Å². The molecule has 28 heavy (non-hydrogen) atoms. The second-order valence-corrected chi connectivity index (χ2v) is 6.72. The van der Waals surface area contributed by atoms with Crippen molar-refractivity contribution in [2.45, 2.75) is 20.4 Å². The number of nitrogens with one attached hydrogen (secondary N) is 2. The number of ketones is 1. The van der Waals surface area contributed by atoms with E-state index in [1.807, 2.05) is 12.1 Å². The number of rotatable bonds is 6. The van der Waals surface area contributed by atoms with E-state index in [9.17, 15) is 9.59 Å². The lowest BCUT2D eigenvalue weighted by molar-refractivity contribution is 0.0945. The number of aromatic nitrogens is 2. The zero-order chi connectivity index (χ0) is 20.1. The van der Waals surface area contributed by atoms with Crippen LogP contribution in [0.1, 0.15) is 39.0 Å². The highest BCUT2D eigenvalue weighted by molar-refractivity contribution is 6.30. The van der Waals surface area contributed by atoms with Gasteiger partial charge in [0.1, 0.15) is 5.69 Å². The third-order valence-electron chi connectivity index (χ3n) is 4.00. The lowest BCUT2D eigenvalue weighted by atomic mass is 10.1. The molecule has 0 spiro atoms. The van der Waals surface area contributed by atoms with Crippen molar-refractivity contribution < 1.29 is 9.59 Å². The van der Waals surface area contributed by atoms with Crippen molar-refractivity contribution in [2.24, 2.45) is 0 Å². The maximum atomic E-state index is 12.5. The summed E-state index contributed by atoms with van der Waals surface area (Å²) in [6.45, 7) is 3.68. The van der Waals surface area contributed by atoms with E-state index in [-0.39, 0.29) is 17.4 Å². The first-order chi connectivity index (χ1) is 13.4. The van der Waals surface area contributed by atoms with Gasteiger partial charge in [-0.15, -0.1) is 0 Å². The summed E-state index contributed by atoms with van der Waals surface area (Å²) >= 11 is 5.87. The summed E-state index contributed by atoms with van der Waals surface area (Å²) in [5.41, 5.74) is 3.22. The molecule has 0 radical (unpaired) electrons. The fourth-order valence-corrected chi connectivity index (χ4v) is 2.66. The molecule has 7 heteroatoms. The van der Waals surface area contributed by atoms with Crippen LogP contribution in [0.2, 0.25) is 5.02 Å². The Hall–Kier alpha value is -3.25. The van der Waals surface area contributed by atoms with E-state index in [1.165, 1.54) is 6.92 Å². The van der Waals surface area contributed by atoms with Crippen LogP contribution in [-0.2, 0) is 6.54 Å². The Morgan fingerprint density at radius 2 is 1.68 bits per heavy atom. The molecule has 0 bridgehead atoms. The van der Waals surface area contributed by atoms with Gasteiger partial charge in [-0.3, -0.25) is 9.59 Å². The molecule has 0 fully saturated rings. The summed E-state index contributed by atoms with van der Waals surface area (Å²) in [7, 11) is 0. The van der Waals surface area contributed by atoms with E-state index in [2.05, 4.69) is 20.6 Å². The molecule has 142 valence electrons. The van der Waals surface area contributed by atoms with Gasteiger partial charge in [0.25, 0.3) is 5.91 Å². The number of carbonyl (C=O) groups excluding carboxylic acids is 2. The van der Waals surface area contributed by atoms with Gasteiger partial charge in [-0.1, -0.05) is 23.7 Å². The maximum absolute atomic E-state index is 12.5. The number of Topliss-reactive ketones (excluding diaryl/α,β-unsaturated/α-hetero) is 1. The SMILES string of the molecule is CC(=O)c1ccc(Nc2nc(C)cc(C(=O)NCc3ccc(Cl)cc3)n2)cc1. The second-order valence-electron chi connectivity index (χ2n) is 6.29. The fourth-order valence-electron chi connectivity index (χ4n) is 2.53. The average molecular weight is 395 g/mol. The Bertz CT molecular complexity index is 1000. The Labute approximate surface area is 168 Å². The highest BCUT2D eigenvalue weighted by Crippen LogP contribution is 2.16. The van der Waals surface area contributed by atoms with Gasteiger partial charge in [-0.25, -0.2) is 9.97 Å². The van der Waals surface area contributed by atoms with Crippen molar-refractivity contribution in [3.8, 4) is 0 Å². The smallest absolute Gasteiger partial charge is 0.270 e. The number of carbonyl (C=O) groups is 2. The molecule has 2 N–H and O–H groups in total. The molecule has 3 rings (SSSR count). The van der Waals surface area contributed by atoms with Gasteiger partial charge in [-0.2, -0.15) is 0 Å². The molecular formula is C21H19ClN4O2. The number of amides is 1. The van der Waals surface area contributed by atoms with Crippen molar-refractivity contribution in [2.75, 3.05) is 5.32 Å². The van der Waals surface area contributed by atoms with Crippen LogP contribution >= 0.6 is 11.6 Å². The van der Waals surface area contributed by atoms with Crippen LogP contribution in [0.3, 0.4) is 0 Å². The molecule has 1 heterocycles. The molecule has 0 saturated carbocycles. The lowest BCUT2D eigenvalue weighted by Crippen LogP contribution is -2.24. The molecule has 0 aliphatic rings. The molecule has 0 aliphatic heterocycles. The molecule has 3 aromatic rings. The predicted octanol–water partition coefficient (Wildman–Crippen LogP) is 4.31. The van der Waals surface area contributed by atoms with Crippen LogP contribution in [0.25, 0.3) is 0 Å². The second kappa shape index (κ2) is 8.63. The Morgan fingerprint density at radius 1 is 1.00 bits per heavy atom. The van der Waals surface area contributed by atoms with E-state index in [0.717, 1.165) is 11.3 Å². The Balaban J connectivity index is 1.70. The summed E-state index contributed by atoms with van der Waals surface area (Å²) in [6, 6.07) is 15.9. The third kappa shape index (κ3) is 5.14. The van der Waals surface area contributed by atoms with Gasteiger partial charge < -0.3 is 10.6 Å². The molecule has 0 unspecified atom stereocenters. The van der Waals surface area contributed by atoms with E-state index in [4.69, 9.17) is 11.6 Å². The van der Waals surface area contributed by atoms with Crippen LogP contribution < -0.4 is 10.6 Å². The summed E-state index contributed by atoms with van der Waals surface area (Å²) in [5.74, 6) is 0.0145. The molecule has 0 saturated heterocycles. The van der Waals surface area contributed by atoms with E-state index < -0.39 is 0 Å². The first kappa shape index (κ1) is 19.5. The number of hydrogen-bond donors (Lipinski definition) is 2. The van der Waals surface area contributed by atoms with Gasteiger partial charge in [0.05, 0.1) is 0 Å². The number of halogens is 1. The third-order valence-corrected chi connectivity index (χ3v) is 4.25. The zero-order valence-electron chi connectivity index (χ0n) is 15.5. The fraction of sp³-hybridized carbons (Fsp3) is 0.143. The molecule has 2 aromatic carbocycles. The first-order valence-corrected chi connectivity index (χ1v) is 9.05. The standard InChI is InChI=1S/C21H19ClN4O2/c1-13-11-19(20(28)23-12-15-3-7-17(22)8-4-15)26-21(24-13)25-18-9-5-16(6-10-18)14(2)27/h3-11H,12H2,1-2H3,(H,23,28)(H,24,25,26). The summed E-state index contributed by atoms with van der Waals surface area (Å²) in [5, 5.41) is 6.54. The van der Waals surface area contributed by atoms with Gasteiger partial charge in [0.2, 0.25) is 5.95 Å². The van der Waals surface area contributed by atoms with Gasteiger partial charge in [-0.05, 0) is 61.9 Å². The maximum Gasteiger partial charge on any atom is 0.270 e. The van der Waals surface area contributed by atoms with Crippen molar-refractivity contribution in [3.05, 3.63) is 82.1 Å². The van der Waals surface area contributed by atoms with Crippen LogP contribution in [0.15, 0.2) is 54.6 Å². The van der Waals surface area contributed by atoms with Crippen LogP contribution in [0.4, 0.5) is 11.6 Å². The lowest BCUT2D eigenvalue weighted by Gasteiger charge is -2.09. The normalized spacial score (nSPS) is 10.4. The largest absolute Gasteiger partial charge is 0.347 e. The first-order valence-electron chi connectivity index (χ1n) is 8.67. The minimum absolute atomic E-state index is 0.00185. The van der Waals surface area contributed by atoms with Gasteiger partial charge in [0.15, 0.2) is 5.78 Å². The Morgan fingerprint density at radius 3 is 2.32 bits per heavy atom. The van der Waals surface area contributed by atoms with Crippen molar-refractivity contribution in [1.29, 1.82) is 0 Å². The molecule has 1 amide bonds. The minimum Gasteiger partial charge on any atom is -0.347 e. The zero-order valence-corrected chi connectivity index (χ0v) is 16.2. The monoisotopic (exact) mass is 394 g/mol. The van der Waals surface area contributed by atoms with Crippen molar-refractivity contribution >= 4 is 34.9 Å². The molecule has 0 aliphatic carbocycles. The number of nitrogens with zero attached hydrogens (tertiary/aromatic N) is 2. The number of benzene rings is 2. The molecule has 6 nitrogen and oxygen atoms in total. The summed E-state index contributed by atoms with van der Waals surface area (Å²) in [4.78, 5) is 32.4. The van der Waals surface area contributed by atoms with Crippen LogP contribution in [0, 0.1) is 6.92 Å². The number of anilines is 2. The van der Waals surface area contributed by atoms with Crippen LogP contribution in [0.5, 0.6) is 0 Å². The highest BCUT2D eigenvalue weighted by atomic mass is 35.5. The molecule has 0 atom stereocenters. The summed E-state index contributed by atoms with van der Waals surface area (Å²) < 4.78 is 0. The number of hydrogen-bond acceptors (Lipinski definition) is 5. The molecule has 1 aromatic heterocycles. The average Bonchev–Trinajstić information content (AvgIpc) is 2.67. The van der Waals surface area contributed by atoms with Gasteiger partial charge in [0, 0.05) is 28.5 Å². The van der Waals surface area contributed by atoms with E-state index in [0.29, 0.717) is 28.8 Å². The van der Waals surface area contributed by atoms with E-state index >= 15 is 0 Å². The quantitative estimate of drug-likeness (QED) is 0.608. The minimum atomic E-state index is -0.296. The predicted molar refractivity (Wildman–Crippen MR) is 109 cm³/mol. The van der Waals surface area contributed by atoms with Crippen molar-refractivity contribution in [1.82, 2.24) is 15.3 Å². The van der Waals surface area contributed by atoms with Crippen LogP contribution in [-0.4, -0.2) is 21.7 Å². The highest BCUT2D eigenvalue weighted by Gasteiger charge is 2.11. The molecular weight excluding hydrogens is 376 g/mol. The Kier molecular flexibility index (Phi) is 6.01. The van der Waals surface area contributed by atoms with Crippen molar-refractivity contribution in [3.63, 3.8) is 0 Å². The van der Waals surface area contributed by atoms with Gasteiger partial charge >= 0.3 is 0 Å². The summed E-state index contributed by atoms with van der Waals surface area (Å²) in [6.07, 6.45) is 0. The van der Waals surface area contributed by atoms with E-state index in [1.54, 1.807) is 49.4 Å². The number of aryl methyl sites for hydroxylation is 1.